The molecule has 1 N–H and O–H groups in total. The molecule has 6 heteroatoms. The molecule has 1 heterocycles. The Balaban J connectivity index is 1.65. The van der Waals surface area contributed by atoms with E-state index >= 15 is 0 Å². The van der Waals surface area contributed by atoms with Gasteiger partial charge in [0.25, 0.3) is 0 Å². The minimum Gasteiger partial charge on any atom is -0.481 e. The van der Waals surface area contributed by atoms with Crippen LogP contribution in [0.2, 0.25) is 0 Å². The van der Waals surface area contributed by atoms with Crippen LogP contribution >= 0.6 is 0 Å². The molecule has 2 aliphatic rings. The highest BCUT2D eigenvalue weighted by molar-refractivity contribution is 5.77. The second-order valence-electron chi connectivity index (χ2n) is 7.50. The van der Waals surface area contributed by atoms with Gasteiger partial charge >= 0.3 is 12.1 Å². The van der Waals surface area contributed by atoms with E-state index in [0.29, 0.717) is 13.1 Å². The van der Waals surface area contributed by atoms with Crippen molar-refractivity contribution in [2.45, 2.75) is 52.1 Å². The van der Waals surface area contributed by atoms with Gasteiger partial charge in [-0.2, -0.15) is 0 Å². The molecule has 1 amide bonds. The molecule has 2 fully saturated rings. The molecule has 0 aromatic carbocycles. The average molecular weight is 312 g/mol. The summed E-state index contributed by atoms with van der Waals surface area (Å²) in [5.41, 5.74) is -0.873. The lowest BCUT2D eigenvalue weighted by Gasteiger charge is -2.35. The van der Waals surface area contributed by atoms with E-state index in [1.807, 2.05) is 20.8 Å². The number of carboxylic acid groups (broad SMARTS) is 1. The molecule has 0 aromatic rings. The molecule has 0 aromatic heterocycles. The fraction of sp³-hybridized carbons (Fsp3) is 0.875. The molecule has 6 nitrogen and oxygen atoms in total. The number of hydrogen-bond acceptors (Lipinski definition) is 4. The number of carboxylic acids is 1. The van der Waals surface area contributed by atoms with Crippen molar-refractivity contribution in [3.63, 3.8) is 0 Å². The number of carbonyl (C=O) groups is 2. The highest BCUT2D eigenvalue weighted by atomic mass is 16.6. The third-order valence-corrected chi connectivity index (χ3v) is 4.46. The molecule has 0 unspecified atom stereocenters. The van der Waals surface area contributed by atoms with Gasteiger partial charge in [-0.25, -0.2) is 4.79 Å². The standard InChI is InChI=1S/C16H28N2O4/c1-15(2,3)22-14(21)18-11-9-17(10-12-18)8-4-5-16(6-7-16)13(19)20/h4-12H2,1-3H3,(H,19,20). The van der Waals surface area contributed by atoms with E-state index in [9.17, 15) is 9.59 Å². The first-order valence-electron chi connectivity index (χ1n) is 8.16. The van der Waals surface area contributed by atoms with Gasteiger partial charge in [0, 0.05) is 26.2 Å². The van der Waals surface area contributed by atoms with Crippen molar-refractivity contribution in [1.29, 1.82) is 0 Å². The average Bonchev–Trinajstić information content (AvgIpc) is 3.19. The maximum Gasteiger partial charge on any atom is 0.410 e. The van der Waals surface area contributed by atoms with Crippen molar-refractivity contribution >= 4 is 12.1 Å². The van der Waals surface area contributed by atoms with Crippen LogP contribution in [-0.4, -0.2) is 65.3 Å². The Bertz CT molecular complexity index is 418. The van der Waals surface area contributed by atoms with E-state index < -0.39 is 17.0 Å². The largest absolute Gasteiger partial charge is 0.481 e. The van der Waals surface area contributed by atoms with Crippen LogP contribution in [0.25, 0.3) is 0 Å². The second-order valence-corrected chi connectivity index (χ2v) is 7.50. The quantitative estimate of drug-likeness (QED) is 0.842. The molecular weight excluding hydrogens is 284 g/mol. The van der Waals surface area contributed by atoms with Crippen LogP contribution in [-0.2, 0) is 9.53 Å². The number of rotatable bonds is 5. The Hall–Kier alpha value is -1.30. The van der Waals surface area contributed by atoms with Crippen molar-refractivity contribution < 1.29 is 19.4 Å². The summed E-state index contributed by atoms with van der Waals surface area (Å²) in [7, 11) is 0. The fourth-order valence-electron chi connectivity index (χ4n) is 2.84. The molecule has 126 valence electrons. The lowest BCUT2D eigenvalue weighted by Crippen LogP contribution is -2.50. The Morgan fingerprint density at radius 2 is 1.73 bits per heavy atom. The number of ether oxygens (including phenoxy) is 1. The van der Waals surface area contributed by atoms with Crippen molar-refractivity contribution in [3.05, 3.63) is 0 Å². The molecular formula is C16H28N2O4. The summed E-state index contributed by atoms with van der Waals surface area (Å²) in [6.07, 6.45) is 3.10. The van der Waals surface area contributed by atoms with Crippen LogP contribution in [0.15, 0.2) is 0 Å². The molecule has 0 radical (unpaired) electrons. The van der Waals surface area contributed by atoms with Crippen molar-refractivity contribution in [2.24, 2.45) is 5.41 Å². The van der Waals surface area contributed by atoms with E-state index in [4.69, 9.17) is 9.84 Å². The molecule has 1 saturated carbocycles. The van der Waals surface area contributed by atoms with Gasteiger partial charge in [0.2, 0.25) is 0 Å². The highest BCUT2D eigenvalue weighted by Crippen LogP contribution is 2.49. The van der Waals surface area contributed by atoms with E-state index in [2.05, 4.69) is 4.90 Å². The molecule has 1 aliphatic carbocycles. The summed E-state index contributed by atoms with van der Waals surface area (Å²) >= 11 is 0. The van der Waals surface area contributed by atoms with E-state index in [0.717, 1.165) is 45.3 Å². The first-order chi connectivity index (χ1) is 10.2. The number of carbonyl (C=O) groups excluding carboxylic acids is 1. The van der Waals surface area contributed by atoms with Crippen LogP contribution in [0.5, 0.6) is 0 Å². The summed E-state index contributed by atoms with van der Waals surface area (Å²) < 4.78 is 5.38. The lowest BCUT2D eigenvalue weighted by atomic mass is 10.0. The van der Waals surface area contributed by atoms with Crippen molar-refractivity contribution in [2.75, 3.05) is 32.7 Å². The number of amides is 1. The second kappa shape index (κ2) is 6.44. The fourth-order valence-corrected chi connectivity index (χ4v) is 2.84. The summed E-state index contributed by atoms with van der Waals surface area (Å²) in [5.74, 6) is -0.637. The van der Waals surface area contributed by atoms with E-state index in [-0.39, 0.29) is 6.09 Å². The molecule has 2 rings (SSSR count). The Morgan fingerprint density at radius 3 is 2.18 bits per heavy atom. The SMILES string of the molecule is CC(C)(C)OC(=O)N1CCN(CCCC2(C(=O)O)CC2)CC1. The van der Waals surface area contributed by atoms with Crippen LogP contribution in [0.4, 0.5) is 4.79 Å². The topological polar surface area (TPSA) is 70.1 Å². The van der Waals surface area contributed by atoms with Gasteiger partial charge < -0.3 is 14.7 Å². The molecule has 22 heavy (non-hydrogen) atoms. The maximum atomic E-state index is 12.0. The van der Waals surface area contributed by atoms with Gasteiger partial charge in [0.15, 0.2) is 0 Å². The van der Waals surface area contributed by atoms with Crippen LogP contribution in [0, 0.1) is 5.41 Å². The van der Waals surface area contributed by atoms with Crippen LogP contribution in [0.1, 0.15) is 46.5 Å². The van der Waals surface area contributed by atoms with Crippen LogP contribution in [0.3, 0.4) is 0 Å². The summed E-state index contributed by atoms with van der Waals surface area (Å²) in [5, 5.41) is 9.16. The third-order valence-electron chi connectivity index (χ3n) is 4.46. The molecule has 1 aliphatic heterocycles. The van der Waals surface area contributed by atoms with Gasteiger partial charge in [0.05, 0.1) is 5.41 Å². The van der Waals surface area contributed by atoms with E-state index in [1.165, 1.54) is 0 Å². The van der Waals surface area contributed by atoms with Gasteiger partial charge in [-0.05, 0) is 53.0 Å². The van der Waals surface area contributed by atoms with E-state index in [1.54, 1.807) is 4.90 Å². The lowest BCUT2D eigenvalue weighted by molar-refractivity contribution is -0.143. The predicted molar refractivity (Wildman–Crippen MR) is 82.8 cm³/mol. The van der Waals surface area contributed by atoms with Gasteiger partial charge in [0.1, 0.15) is 5.60 Å². The number of hydrogen-bond donors (Lipinski definition) is 1. The smallest absolute Gasteiger partial charge is 0.410 e. The first-order valence-corrected chi connectivity index (χ1v) is 8.16. The molecule has 0 bridgehead atoms. The summed E-state index contributed by atoms with van der Waals surface area (Å²) in [6, 6.07) is 0. The maximum absolute atomic E-state index is 12.0. The summed E-state index contributed by atoms with van der Waals surface area (Å²) in [6.45, 7) is 9.56. The Kier molecular flexibility index (Phi) is 5.00. The molecule has 0 spiro atoms. The van der Waals surface area contributed by atoms with Gasteiger partial charge in [-0.1, -0.05) is 0 Å². The van der Waals surface area contributed by atoms with Crippen LogP contribution < -0.4 is 0 Å². The number of nitrogens with zero attached hydrogens (tertiary/aromatic N) is 2. The van der Waals surface area contributed by atoms with Gasteiger partial charge in [-0.3, -0.25) is 9.69 Å². The molecule has 1 saturated heterocycles. The van der Waals surface area contributed by atoms with Crippen molar-refractivity contribution in [1.82, 2.24) is 9.80 Å². The predicted octanol–water partition coefficient (Wildman–Crippen LogP) is 2.18. The summed E-state index contributed by atoms with van der Waals surface area (Å²) in [4.78, 5) is 27.2. The van der Waals surface area contributed by atoms with Crippen molar-refractivity contribution in [3.8, 4) is 0 Å². The zero-order valence-corrected chi connectivity index (χ0v) is 13.9. The number of aliphatic carboxylic acids is 1. The molecule has 0 atom stereocenters. The Morgan fingerprint density at radius 1 is 1.14 bits per heavy atom. The zero-order valence-electron chi connectivity index (χ0n) is 13.9. The monoisotopic (exact) mass is 312 g/mol. The minimum absolute atomic E-state index is 0.241. The number of piperazine rings is 1. The highest BCUT2D eigenvalue weighted by Gasteiger charge is 2.49. The zero-order chi connectivity index (χ0) is 16.4. The minimum atomic E-state index is -0.637. The van der Waals surface area contributed by atoms with Gasteiger partial charge in [-0.15, -0.1) is 0 Å². The third kappa shape index (κ3) is 4.60. The Labute approximate surface area is 132 Å². The first kappa shape index (κ1) is 17.1. The normalized spacial score (nSPS) is 21.5.